The number of amides is 1. The van der Waals surface area contributed by atoms with Gasteiger partial charge in [-0.1, -0.05) is 17.7 Å². The molecule has 2 aromatic carbocycles. The van der Waals surface area contributed by atoms with Gasteiger partial charge in [-0.3, -0.25) is 4.79 Å². The molecule has 0 heterocycles. The summed E-state index contributed by atoms with van der Waals surface area (Å²) >= 11 is 6.07. The third kappa shape index (κ3) is 3.99. The van der Waals surface area contributed by atoms with Gasteiger partial charge in [0.15, 0.2) is 6.10 Å². The topological polar surface area (TPSA) is 38.3 Å². The first kappa shape index (κ1) is 17.2. The molecule has 0 saturated heterocycles. The molecule has 1 amide bonds. The Balaban J connectivity index is 2.12. The molecule has 0 fully saturated rings. The zero-order valence-electron chi connectivity index (χ0n) is 12.9. The first-order chi connectivity index (χ1) is 10.8. The molecule has 0 radical (unpaired) electrons. The van der Waals surface area contributed by atoms with E-state index in [0.717, 1.165) is 23.3 Å². The lowest BCUT2D eigenvalue weighted by Crippen LogP contribution is -2.30. The van der Waals surface area contributed by atoms with Crippen LogP contribution in [0.2, 0.25) is 5.02 Å². The zero-order valence-corrected chi connectivity index (χ0v) is 13.7. The van der Waals surface area contributed by atoms with Crippen molar-refractivity contribution in [1.29, 1.82) is 0 Å². The maximum Gasteiger partial charge on any atom is 0.265 e. The van der Waals surface area contributed by atoms with Crippen LogP contribution in [0.25, 0.3) is 0 Å². The molecule has 0 aliphatic heterocycles. The van der Waals surface area contributed by atoms with Crippen molar-refractivity contribution >= 4 is 23.2 Å². The molecule has 23 heavy (non-hydrogen) atoms. The molecule has 6 heteroatoms. The summed E-state index contributed by atoms with van der Waals surface area (Å²) in [6.07, 6.45) is -0.936. The molecular weight excluding hydrogens is 324 g/mol. The first-order valence-corrected chi connectivity index (χ1v) is 7.35. The predicted molar refractivity (Wildman–Crippen MR) is 86.0 cm³/mol. The largest absolute Gasteiger partial charge is 0.481 e. The number of para-hydroxylation sites is 1. The lowest BCUT2D eigenvalue weighted by Gasteiger charge is -2.16. The number of nitrogens with one attached hydrogen (secondary N) is 1. The van der Waals surface area contributed by atoms with E-state index in [2.05, 4.69) is 5.32 Å². The predicted octanol–water partition coefficient (Wildman–Crippen LogP) is 4.64. The van der Waals surface area contributed by atoms with Gasteiger partial charge in [-0.25, -0.2) is 8.78 Å². The van der Waals surface area contributed by atoms with Gasteiger partial charge < -0.3 is 10.1 Å². The lowest BCUT2D eigenvalue weighted by molar-refractivity contribution is -0.122. The smallest absolute Gasteiger partial charge is 0.265 e. The van der Waals surface area contributed by atoms with Crippen molar-refractivity contribution in [2.24, 2.45) is 0 Å². The van der Waals surface area contributed by atoms with Gasteiger partial charge in [0, 0.05) is 5.02 Å². The summed E-state index contributed by atoms with van der Waals surface area (Å²) < 4.78 is 32.6. The summed E-state index contributed by atoms with van der Waals surface area (Å²) in [5.41, 5.74) is 1.14. The van der Waals surface area contributed by atoms with Crippen molar-refractivity contribution in [3.63, 3.8) is 0 Å². The molecule has 2 rings (SSSR count). The minimum absolute atomic E-state index is 0.459. The number of benzene rings is 2. The van der Waals surface area contributed by atoms with E-state index < -0.39 is 29.3 Å². The van der Waals surface area contributed by atoms with Crippen LogP contribution in [-0.4, -0.2) is 12.0 Å². The van der Waals surface area contributed by atoms with Crippen LogP contribution in [-0.2, 0) is 4.79 Å². The number of ether oxygens (including phenoxy) is 1. The Morgan fingerprint density at radius 2 is 1.70 bits per heavy atom. The Labute approximate surface area is 138 Å². The average Bonchev–Trinajstić information content (AvgIpc) is 2.48. The number of rotatable bonds is 4. The van der Waals surface area contributed by atoms with Gasteiger partial charge in [0.25, 0.3) is 5.91 Å². The highest BCUT2D eigenvalue weighted by molar-refractivity contribution is 6.32. The van der Waals surface area contributed by atoms with Crippen LogP contribution in [0.15, 0.2) is 30.3 Å². The molecule has 0 aliphatic carbocycles. The standard InChI is InChI=1S/C17H16ClF2NO2/c1-9-7-12(8-10(2)15(9)18)23-11(3)17(22)21-16-13(19)5-4-6-14(16)20/h4-8,11H,1-3H3,(H,21,22)/t11-/m0/s1. The number of aryl methyl sites for hydroxylation is 2. The van der Waals surface area contributed by atoms with E-state index in [1.165, 1.54) is 13.0 Å². The van der Waals surface area contributed by atoms with Crippen molar-refractivity contribution < 1.29 is 18.3 Å². The first-order valence-electron chi connectivity index (χ1n) is 6.98. The van der Waals surface area contributed by atoms with Gasteiger partial charge >= 0.3 is 0 Å². The van der Waals surface area contributed by atoms with E-state index >= 15 is 0 Å². The normalized spacial score (nSPS) is 11.9. The lowest BCUT2D eigenvalue weighted by atomic mass is 10.1. The molecule has 0 saturated carbocycles. The van der Waals surface area contributed by atoms with Crippen molar-refractivity contribution in [2.45, 2.75) is 26.9 Å². The molecule has 122 valence electrons. The van der Waals surface area contributed by atoms with Crippen LogP contribution in [0.1, 0.15) is 18.1 Å². The van der Waals surface area contributed by atoms with Gasteiger partial charge in [0.1, 0.15) is 23.1 Å². The molecule has 2 aromatic rings. The van der Waals surface area contributed by atoms with E-state index in [9.17, 15) is 13.6 Å². The number of anilines is 1. The number of halogens is 3. The van der Waals surface area contributed by atoms with Gasteiger partial charge in [-0.2, -0.15) is 0 Å². The highest BCUT2D eigenvalue weighted by atomic mass is 35.5. The van der Waals surface area contributed by atoms with E-state index in [1.807, 2.05) is 13.8 Å². The second-order valence-electron chi connectivity index (χ2n) is 5.22. The summed E-state index contributed by atoms with van der Waals surface area (Å²) in [6, 6.07) is 6.75. The Kier molecular flexibility index (Phi) is 5.21. The van der Waals surface area contributed by atoms with Crippen molar-refractivity contribution in [1.82, 2.24) is 0 Å². The summed E-state index contributed by atoms with van der Waals surface area (Å²) in [6.45, 7) is 5.14. The summed E-state index contributed by atoms with van der Waals surface area (Å²) in [4.78, 5) is 12.1. The molecular formula is C17H16ClF2NO2. The summed E-state index contributed by atoms with van der Waals surface area (Å²) in [5.74, 6) is -1.88. The van der Waals surface area contributed by atoms with Gasteiger partial charge in [0.05, 0.1) is 0 Å². The molecule has 0 spiro atoms. The number of carbonyl (C=O) groups excluding carboxylic acids is 1. The maximum absolute atomic E-state index is 13.5. The SMILES string of the molecule is Cc1cc(O[C@@H](C)C(=O)Nc2c(F)cccc2F)cc(C)c1Cl. The van der Waals surface area contributed by atoms with Crippen molar-refractivity contribution in [3.05, 3.63) is 58.1 Å². The van der Waals surface area contributed by atoms with E-state index in [-0.39, 0.29) is 0 Å². The van der Waals surface area contributed by atoms with Crippen LogP contribution in [0.5, 0.6) is 5.75 Å². The maximum atomic E-state index is 13.5. The molecule has 1 atom stereocenters. The Morgan fingerprint density at radius 3 is 2.22 bits per heavy atom. The number of carbonyl (C=O) groups is 1. The monoisotopic (exact) mass is 339 g/mol. The van der Waals surface area contributed by atoms with Crippen LogP contribution >= 0.6 is 11.6 Å². The molecule has 3 nitrogen and oxygen atoms in total. The van der Waals surface area contributed by atoms with Crippen LogP contribution in [0, 0.1) is 25.5 Å². The Morgan fingerprint density at radius 1 is 1.17 bits per heavy atom. The summed E-state index contributed by atoms with van der Waals surface area (Å²) in [7, 11) is 0. The third-order valence-electron chi connectivity index (χ3n) is 3.30. The Hall–Kier alpha value is -2.14. The van der Waals surface area contributed by atoms with E-state index in [4.69, 9.17) is 16.3 Å². The number of hydrogen-bond donors (Lipinski definition) is 1. The highest BCUT2D eigenvalue weighted by Crippen LogP contribution is 2.26. The van der Waals surface area contributed by atoms with Gasteiger partial charge in [-0.05, 0) is 56.2 Å². The van der Waals surface area contributed by atoms with E-state index in [0.29, 0.717) is 10.8 Å². The number of hydrogen-bond acceptors (Lipinski definition) is 2. The average molecular weight is 340 g/mol. The van der Waals surface area contributed by atoms with Gasteiger partial charge in [-0.15, -0.1) is 0 Å². The van der Waals surface area contributed by atoms with E-state index in [1.54, 1.807) is 12.1 Å². The van der Waals surface area contributed by atoms with Crippen LogP contribution in [0.4, 0.5) is 14.5 Å². The Bertz CT molecular complexity index is 706. The fraction of sp³-hybridized carbons (Fsp3) is 0.235. The quantitative estimate of drug-likeness (QED) is 0.881. The van der Waals surface area contributed by atoms with Crippen molar-refractivity contribution in [2.75, 3.05) is 5.32 Å². The fourth-order valence-corrected chi connectivity index (χ4v) is 2.18. The highest BCUT2D eigenvalue weighted by Gasteiger charge is 2.19. The molecule has 0 aliphatic rings. The molecule has 0 aromatic heterocycles. The molecule has 0 bridgehead atoms. The zero-order chi connectivity index (χ0) is 17.1. The van der Waals surface area contributed by atoms with Crippen LogP contribution in [0.3, 0.4) is 0 Å². The van der Waals surface area contributed by atoms with Gasteiger partial charge in [0.2, 0.25) is 0 Å². The molecule has 1 N–H and O–H groups in total. The third-order valence-corrected chi connectivity index (χ3v) is 3.90. The minimum Gasteiger partial charge on any atom is -0.481 e. The van der Waals surface area contributed by atoms with Crippen molar-refractivity contribution in [3.8, 4) is 5.75 Å². The second-order valence-corrected chi connectivity index (χ2v) is 5.60. The molecule has 0 unspecified atom stereocenters. The fourth-order valence-electron chi connectivity index (χ4n) is 2.07. The summed E-state index contributed by atoms with van der Waals surface area (Å²) in [5, 5.41) is 2.83. The second kappa shape index (κ2) is 6.96. The van der Waals surface area contributed by atoms with Crippen LogP contribution < -0.4 is 10.1 Å². The minimum atomic E-state index is -0.936.